The maximum atomic E-state index is 10.7. The lowest BCUT2D eigenvalue weighted by Crippen LogP contribution is -2.06. The third kappa shape index (κ3) is 3.23. The first-order valence-corrected chi connectivity index (χ1v) is 6.87. The number of aliphatic hydroxyl groups is 1. The molecule has 2 heterocycles. The topological polar surface area (TPSA) is 73.7 Å². The summed E-state index contributed by atoms with van der Waals surface area (Å²) < 4.78 is 15.5. The van der Waals surface area contributed by atoms with Crippen molar-refractivity contribution in [1.82, 2.24) is 9.97 Å². The fourth-order valence-corrected chi connectivity index (χ4v) is 2.42. The van der Waals surface area contributed by atoms with E-state index in [0.717, 1.165) is 0 Å². The Bertz CT molecular complexity index is 657. The van der Waals surface area contributed by atoms with Gasteiger partial charge in [-0.1, -0.05) is 11.6 Å². The molecule has 0 bridgehead atoms. The molecule has 0 fully saturated rings. The molecule has 0 radical (unpaired) electrons. The number of aromatic nitrogens is 2. The SMILES string of the molecule is COc1cc(C(O)c2cc(C)nc(Cl)c2OC)cc(OC)n1. The van der Waals surface area contributed by atoms with E-state index >= 15 is 0 Å². The summed E-state index contributed by atoms with van der Waals surface area (Å²) in [6.07, 6.45) is -0.986. The van der Waals surface area contributed by atoms with Gasteiger partial charge in [-0.05, 0) is 18.6 Å². The maximum Gasteiger partial charge on any atom is 0.216 e. The Morgan fingerprint density at radius 3 is 2.09 bits per heavy atom. The van der Waals surface area contributed by atoms with Crippen molar-refractivity contribution in [1.29, 1.82) is 0 Å². The van der Waals surface area contributed by atoms with Crippen LogP contribution in [-0.4, -0.2) is 36.4 Å². The van der Waals surface area contributed by atoms with Gasteiger partial charge in [-0.3, -0.25) is 0 Å². The van der Waals surface area contributed by atoms with Gasteiger partial charge in [-0.2, -0.15) is 4.98 Å². The van der Waals surface area contributed by atoms with Gasteiger partial charge in [0.05, 0.1) is 21.3 Å². The van der Waals surface area contributed by atoms with Crippen LogP contribution in [0.15, 0.2) is 18.2 Å². The Morgan fingerprint density at radius 1 is 1.00 bits per heavy atom. The lowest BCUT2D eigenvalue weighted by Gasteiger charge is -2.17. The first kappa shape index (κ1) is 16.3. The summed E-state index contributed by atoms with van der Waals surface area (Å²) in [5.41, 5.74) is 1.73. The van der Waals surface area contributed by atoms with Gasteiger partial charge in [0.25, 0.3) is 0 Å². The highest BCUT2D eigenvalue weighted by Crippen LogP contribution is 2.36. The van der Waals surface area contributed by atoms with Crippen LogP contribution in [0.1, 0.15) is 22.9 Å². The molecule has 1 N–H and O–H groups in total. The van der Waals surface area contributed by atoms with Gasteiger partial charge in [0.15, 0.2) is 10.9 Å². The van der Waals surface area contributed by atoms with Crippen LogP contribution >= 0.6 is 11.6 Å². The molecule has 22 heavy (non-hydrogen) atoms. The molecule has 0 amide bonds. The summed E-state index contributed by atoms with van der Waals surface area (Å²) >= 11 is 6.07. The van der Waals surface area contributed by atoms with Crippen molar-refractivity contribution < 1.29 is 19.3 Å². The second-order valence-corrected chi connectivity index (χ2v) is 4.92. The molecule has 2 rings (SSSR count). The van der Waals surface area contributed by atoms with Gasteiger partial charge in [-0.15, -0.1) is 0 Å². The van der Waals surface area contributed by atoms with E-state index in [1.807, 2.05) is 0 Å². The standard InChI is InChI=1S/C15H17ClN2O4/c1-8-5-10(14(22-4)15(16)17-8)13(19)9-6-11(20-2)18-12(7-9)21-3/h5-7,13,19H,1-4H3. The van der Waals surface area contributed by atoms with Gasteiger partial charge >= 0.3 is 0 Å². The van der Waals surface area contributed by atoms with Crippen LogP contribution in [0.3, 0.4) is 0 Å². The smallest absolute Gasteiger partial charge is 0.216 e. The van der Waals surface area contributed by atoms with Crippen LogP contribution in [0.4, 0.5) is 0 Å². The lowest BCUT2D eigenvalue weighted by atomic mass is 10.0. The fraction of sp³-hybridized carbons (Fsp3) is 0.333. The van der Waals surface area contributed by atoms with E-state index in [-0.39, 0.29) is 5.15 Å². The minimum atomic E-state index is -0.986. The van der Waals surface area contributed by atoms with Crippen molar-refractivity contribution in [3.63, 3.8) is 0 Å². The van der Waals surface area contributed by atoms with Gasteiger partial charge in [0.1, 0.15) is 6.10 Å². The number of halogens is 1. The number of rotatable bonds is 5. The highest BCUT2D eigenvalue weighted by atomic mass is 35.5. The average molecular weight is 325 g/mol. The van der Waals surface area contributed by atoms with Crippen molar-refractivity contribution in [3.8, 4) is 17.5 Å². The molecule has 0 saturated carbocycles. The number of ether oxygens (including phenoxy) is 3. The van der Waals surface area contributed by atoms with Crippen LogP contribution in [0.25, 0.3) is 0 Å². The van der Waals surface area contributed by atoms with Gasteiger partial charge in [0, 0.05) is 23.4 Å². The van der Waals surface area contributed by atoms with Crippen molar-refractivity contribution in [2.45, 2.75) is 13.0 Å². The van der Waals surface area contributed by atoms with Crippen molar-refractivity contribution in [2.75, 3.05) is 21.3 Å². The molecule has 7 heteroatoms. The van der Waals surface area contributed by atoms with Crippen LogP contribution in [-0.2, 0) is 0 Å². The van der Waals surface area contributed by atoms with E-state index < -0.39 is 6.10 Å². The summed E-state index contributed by atoms with van der Waals surface area (Å²) in [5, 5.41) is 10.9. The van der Waals surface area contributed by atoms with Crippen molar-refractivity contribution in [3.05, 3.63) is 40.2 Å². The van der Waals surface area contributed by atoms with E-state index in [4.69, 9.17) is 25.8 Å². The molecular weight excluding hydrogens is 308 g/mol. The number of hydrogen-bond acceptors (Lipinski definition) is 6. The Kier molecular flexibility index (Phi) is 5.05. The zero-order valence-corrected chi connectivity index (χ0v) is 13.5. The van der Waals surface area contributed by atoms with E-state index in [1.165, 1.54) is 21.3 Å². The molecule has 0 spiro atoms. The van der Waals surface area contributed by atoms with E-state index in [2.05, 4.69) is 9.97 Å². The molecule has 2 aromatic heterocycles. The number of hydrogen-bond donors (Lipinski definition) is 1. The van der Waals surface area contributed by atoms with Gasteiger partial charge in [-0.25, -0.2) is 4.98 Å². The lowest BCUT2D eigenvalue weighted by molar-refractivity contribution is 0.212. The van der Waals surface area contributed by atoms with E-state index in [1.54, 1.807) is 25.1 Å². The number of pyridine rings is 2. The molecule has 0 saturated heterocycles. The molecule has 6 nitrogen and oxygen atoms in total. The summed E-state index contributed by atoms with van der Waals surface area (Å²) in [7, 11) is 4.46. The minimum Gasteiger partial charge on any atom is -0.493 e. The van der Waals surface area contributed by atoms with Crippen LogP contribution in [0, 0.1) is 6.92 Å². The van der Waals surface area contributed by atoms with Crippen molar-refractivity contribution in [2.24, 2.45) is 0 Å². The predicted molar refractivity (Wildman–Crippen MR) is 81.9 cm³/mol. The monoisotopic (exact) mass is 324 g/mol. The summed E-state index contributed by atoms with van der Waals surface area (Å²) in [6.45, 7) is 1.79. The number of aliphatic hydroxyl groups excluding tert-OH is 1. The van der Waals surface area contributed by atoms with Crippen LogP contribution < -0.4 is 14.2 Å². The molecule has 1 atom stereocenters. The molecule has 0 aliphatic rings. The average Bonchev–Trinajstić information content (AvgIpc) is 2.52. The highest BCUT2D eigenvalue weighted by Gasteiger charge is 2.21. The summed E-state index contributed by atoms with van der Waals surface area (Å²) in [4.78, 5) is 8.22. The first-order valence-electron chi connectivity index (χ1n) is 6.49. The third-order valence-corrected chi connectivity index (χ3v) is 3.38. The Morgan fingerprint density at radius 2 is 1.59 bits per heavy atom. The Labute approximate surface area is 133 Å². The van der Waals surface area contributed by atoms with Crippen molar-refractivity contribution >= 4 is 11.6 Å². The fourth-order valence-electron chi connectivity index (χ4n) is 2.10. The number of methoxy groups -OCH3 is 3. The molecule has 1 unspecified atom stereocenters. The Hall–Kier alpha value is -2.05. The van der Waals surface area contributed by atoms with Crippen LogP contribution in [0.2, 0.25) is 5.15 Å². The van der Waals surface area contributed by atoms with E-state index in [0.29, 0.717) is 34.3 Å². The third-order valence-electron chi connectivity index (χ3n) is 3.12. The zero-order chi connectivity index (χ0) is 16.3. The maximum absolute atomic E-state index is 10.7. The number of nitrogens with zero attached hydrogens (tertiary/aromatic N) is 2. The molecule has 0 aliphatic heterocycles. The van der Waals surface area contributed by atoms with Crippen LogP contribution in [0.5, 0.6) is 17.5 Å². The first-order chi connectivity index (χ1) is 10.5. The molecular formula is C15H17ClN2O4. The molecule has 0 aliphatic carbocycles. The molecule has 0 aromatic carbocycles. The highest BCUT2D eigenvalue weighted by molar-refractivity contribution is 6.31. The predicted octanol–water partition coefficient (Wildman–Crippen LogP) is 2.55. The largest absolute Gasteiger partial charge is 0.493 e. The molecule has 118 valence electrons. The van der Waals surface area contributed by atoms with Gasteiger partial charge < -0.3 is 19.3 Å². The zero-order valence-electron chi connectivity index (χ0n) is 12.8. The van der Waals surface area contributed by atoms with E-state index in [9.17, 15) is 5.11 Å². The second kappa shape index (κ2) is 6.81. The Balaban J connectivity index is 2.54. The normalized spacial score (nSPS) is 11.9. The quantitative estimate of drug-likeness (QED) is 0.852. The second-order valence-electron chi connectivity index (χ2n) is 4.56. The summed E-state index contributed by atoms with van der Waals surface area (Å²) in [5.74, 6) is 1.00. The minimum absolute atomic E-state index is 0.199. The molecule has 2 aromatic rings. The van der Waals surface area contributed by atoms with Gasteiger partial charge in [0.2, 0.25) is 11.8 Å². The summed E-state index contributed by atoms with van der Waals surface area (Å²) in [6, 6.07) is 4.96. The number of aryl methyl sites for hydroxylation is 1.